The van der Waals surface area contributed by atoms with Crippen LogP contribution >= 0.6 is 0 Å². The van der Waals surface area contributed by atoms with Gasteiger partial charge >= 0.3 is 5.97 Å². The number of methoxy groups -OCH3 is 1. The van der Waals surface area contributed by atoms with Gasteiger partial charge in [-0.2, -0.15) is 0 Å². The summed E-state index contributed by atoms with van der Waals surface area (Å²) >= 11 is 0. The maximum atomic E-state index is 11.0. The number of nitrogen functional groups attached to an aromatic ring is 2. The number of carbonyl (C=O) groups is 1. The van der Waals surface area contributed by atoms with E-state index < -0.39 is 5.97 Å². The lowest BCUT2D eigenvalue weighted by atomic mass is 9.73. The molecule has 118 valence electrons. The van der Waals surface area contributed by atoms with Gasteiger partial charge in [-0.3, -0.25) is 0 Å². The number of benzene rings is 1. The molecule has 21 heavy (non-hydrogen) atoms. The van der Waals surface area contributed by atoms with Crippen molar-refractivity contribution in [1.82, 2.24) is 0 Å². The second-order valence-corrected chi connectivity index (χ2v) is 6.70. The van der Waals surface area contributed by atoms with E-state index in [0.29, 0.717) is 22.4 Å². The smallest absolute Gasteiger partial charge is 0.337 e. The summed E-state index contributed by atoms with van der Waals surface area (Å²) in [5.74, 6) is 0.565. The summed E-state index contributed by atoms with van der Waals surface area (Å²) in [4.78, 5) is 11.0. The van der Waals surface area contributed by atoms with Gasteiger partial charge in [-0.15, -0.1) is 0 Å². The van der Waals surface area contributed by atoms with Crippen molar-refractivity contribution >= 4 is 17.3 Å². The van der Waals surface area contributed by atoms with Crippen LogP contribution in [0.15, 0.2) is 18.2 Å². The molecule has 1 atom stereocenters. The molecule has 1 aromatic carbocycles. The fraction of sp³-hybridized carbons (Fsp3) is 0.588. The molecule has 1 fully saturated rings. The molecule has 4 nitrogen and oxygen atoms in total. The average Bonchev–Trinajstić information content (AvgIpc) is 2.40. The molecule has 0 radical (unpaired) electrons. The molecule has 0 saturated heterocycles. The third kappa shape index (κ3) is 5.66. The summed E-state index contributed by atoms with van der Waals surface area (Å²) in [5.41, 5.74) is 12.8. The van der Waals surface area contributed by atoms with Crippen LogP contribution in [0.2, 0.25) is 0 Å². The van der Waals surface area contributed by atoms with Crippen molar-refractivity contribution in [2.24, 2.45) is 11.3 Å². The number of hydrogen-bond donors (Lipinski definition) is 2. The molecule has 4 N–H and O–H groups in total. The van der Waals surface area contributed by atoms with Crippen molar-refractivity contribution in [2.75, 3.05) is 18.6 Å². The van der Waals surface area contributed by atoms with Crippen LogP contribution in [0, 0.1) is 11.3 Å². The van der Waals surface area contributed by atoms with Gasteiger partial charge in [0.15, 0.2) is 0 Å². The molecule has 0 heterocycles. The Bertz CT molecular complexity index is 484. The van der Waals surface area contributed by atoms with Crippen molar-refractivity contribution in [3.8, 4) is 0 Å². The van der Waals surface area contributed by atoms with Gasteiger partial charge in [0.2, 0.25) is 0 Å². The number of hydrogen-bond acceptors (Lipinski definition) is 4. The SMILES string of the molecule is CC1CCCC(C)(C)C1.COC(=O)c1ccc(N)c(N)c1. The molecule has 4 heteroatoms. The minimum atomic E-state index is -0.415. The zero-order valence-corrected chi connectivity index (χ0v) is 13.6. The molecule has 0 spiro atoms. The third-order valence-corrected chi connectivity index (χ3v) is 3.96. The number of anilines is 2. The van der Waals surface area contributed by atoms with E-state index in [0.717, 1.165) is 5.92 Å². The minimum absolute atomic E-state index is 0.387. The van der Waals surface area contributed by atoms with E-state index in [2.05, 4.69) is 25.5 Å². The Morgan fingerprint density at radius 3 is 2.38 bits per heavy atom. The van der Waals surface area contributed by atoms with E-state index in [9.17, 15) is 4.79 Å². The molecule has 1 aliphatic carbocycles. The van der Waals surface area contributed by atoms with Gasteiger partial charge in [0.25, 0.3) is 0 Å². The van der Waals surface area contributed by atoms with Crippen LogP contribution in [0.5, 0.6) is 0 Å². The lowest BCUT2D eigenvalue weighted by Gasteiger charge is -2.33. The highest BCUT2D eigenvalue weighted by Gasteiger charge is 2.24. The molecule has 1 aromatic rings. The van der Waals surface area contributed by atoms with Crippen LogP contribution in [-0.2, 0) is 4.74 Å². The summed E-state index contributed by atoms with van der Waals surface area (Å²) in [6.45, 7) is 7.16. The maximum absolute atomic E-state index is 11.0. The van der Waals surface area contributed by atoms with E-state index in [-0.39, 0.29) is 0 Å². The van der Waals surface area contributed by atoms with E-state index in [1.54, 1.807) is 12.1 Å². The highest BCUT2D eigenvalue weighted by Crippen LogP contribution is 2.37. The first kappa shape index (κ1) is 17.3. The molecule has 2 rings (SSSR count). The molecule has 0 bridgehead atoms. The molecule has 0 aliphatic heterocycles. The zero-order valence-electron chi connectivity index (χ0n) is 13.6. The minimum Gasteiger partial charge on any atom is -0.465 e. The monoisotopic (exact) mass is 292 g/mol. The predicted molar refractivity (Wildman–Crippen MR) is 88.0 cm³/mol. The molecule has 0 amide bonds. The highest BCUT2D eigenvalue weighted by molar-refractivity contribution is 5.91. The lowest BCUT2D eigenvalue weighted by molar-refractivity contribution is 0.0601. The lowest BCUT2D eigenvalue weighted by Crippen LogP contribution is -2.20. The third-order valence-electron chi connectivity index (χ3n) is 3.96. The number of nitrogens with two attached hydrogens (primary N) is 2. The predicted octanol–water partition coefficient (Wildman–Crippen LogP) is 3.86. The van der Waals surface area contributed by atoms with Gasteiger partial charge in [0.05, 0.1) is 24.0 Å². The molecule has 0 aromatic heterocycles. The van der Waals surface area contributed by atoms with Crippen LogP contribution < -0.4 is 11.5 Å². The first-order valence-electron chi connectivity index (χ1n) is 7.48. The number of esters is 1. The fourth-order valence-electron chi connectivity index (χ4n) is 2.90. The second-order valence-electron chi connectivity index (χ2n) is 6.70. The number of ether oxygens (including phenoxy) is 1. The van der Waals surface area contributed by atoms with E-state index in [1.807, 2.05) is 0 Å². The van der Waals surface area contributed by atoms with Gasteiger partial charge in [-0.25, -0.2) is 4.79 Å². The first-order valence-corrected chi connectivity index (χ1v) is 7.48. The van der Waals surface area contributed by atoms with Crippen molar-refractivity contribution in [3.63, 3.8) is 0 Å². The summed E-state index contributed by atoms with van der Waals surface area (Å²) < 4.78 is 4.50. The highest BCUT2D eigenvalue weighted by atomic mass is 16.5. The van der Waals surface area contributed by atoms with Crippen LogP contribution in [-0.4, -0.2) is 13.1 Å². The Morgan fingerprint density at radius 1 is 1.29 bits per heavy atom. The van der Waals surface area contributed by atoms with E-state index in [1.165, 1.54) is 38.9 Å². The Morgan fingerprint density at radius 2 is 1.95 bits per heavy atom. The number of carbonyl (C=O) groups excluding carboxylic acids is 1. The molecule has 1 aliphatic rings. The van der Waals surface area contributed by atoms with Gasteiger partial charge in [-0.05, 0) is 42.4 Å². The topological polar surface area (TPSA) is 78.3 Å². The standard InChI is InChI=1S/C9H18.C8H10N2O2/c1-8-5-4-6-9(2,3)7-8;1-12-8(11)5-2-3-6(9)7(10)4-5/h8H,4-7H2,1-3H3;2-4H,9-10H2,1H3. The van der Waals surface area contributed by atoms with Crippen LogP contribution in [0.4, 0.5) is 11.4 Å². The van der Waals surface area contributed by atoms with E-state index >= 15 is 0 Å². The first-order chi connectivity index (χ1) is 9.75. The Kier molecular flexibility index (Phi) is 6.06. The Labute approximate surface area is 127 Å². The van der Waals surface area contributed by atoms with Gasteiger partial charge in [0.1, 0.15) is 0 Å². The summed E-state index contributed by atoms with van der Waals surface area (Å²) in [5, 5.41) is 0. The second kappa shape index (κ2) is 7.34. The van der Waals surface area contributed by atoms with Crippen molar-refractivity contribution in [2.45, 2.75) is 46.5 Å². The average molecular weight is 292 g/mol. The summed E-state index contributed by atoms with van der Waals surface area (Å²) in [6, 6.07) is 4.63. The summed E-state index contributed by atoms with van der Waals surface area (Å²) in [7, 11) is 1.31. The number of rotatable bonds is 1. The van der Waals surface area contributed by atoms with Crippen molar-refractivity contribution in [3.05, 3.63) is 23.8 Å². The molecular weight excluding hydrogens is 264 g/mol. The molecule has 1 unspecified atom stereocenters. The fourth-order valence-corrected chi connectivity index (χ4v) is 2.90. The molecular formula is C17H28N2O2. The van der Waals surface area contributed by atoms with Crippen molar-refractivity contribution in [1.29, 1.82) is 0 Å². The molecule has 1 saturated carbocycles. The van der Waals surface area contributed by atoms with Crippen LogP contribution in [0.3, 0.4) is 0 Å². The van der Waals surface area contributed by atoms with Gasteiger partial charge in [-0.1, -0.05) is 33.6 Å². The largest absolute Gasteiger partial charge is 0.465 e. The van der Waals surface area contributed by atoms with Crippen LogP contribution in [0.1, 0.15) is 56.8 Å². The van der Waals surface area contributed by atoms with Gasteiger partial charge < -0.3 is 16.2 Å². The normalized spacial score (nSPS) is 20.1. The van der Waals surface area contributed by atoms with E-state index in [4.69, 9.17) is 11.5 Å². The maximum Gasteiger partial charge on any atom is 0.337 e. The summed E-state index contributed by atoms with van der Waals surface area (Å²) in [6.07, 6.45) is 5.79. The van der Waals surface area contributed by atoms with Crippen LogP contribution in [0.25, 0.3) is 0 Å². The van der Waals surface area contributed by atoms with Crippen molar-refractivity contribution < 1.29 is 9.53 Å². The van der Waals surface area contributed by atoms with Gasteiger partial charge in [0, 0.05) is 0 Å². The quantitative estimate of drug-likeness (QED) is 0.608. The Hall–Kier alpha value is -1.71. The zero-order chi connectivity index (χ0) is 16.0. The Balaban J connectivity index is 0.000000219.